The molecular weight excluding hydrogens is 248 g/mol. The van der Waals surface area contributed by atoms with Crippen LogP contribution in [-0.2, 0) is 6.42 Å². The van der Waals surface area contributed by atoms with Crippen LogP contribution in [0.4, 0.5) is 0 Å². The lowest BCUT2D eigenvalue weighted by molar-refractivity contribution is 0.172. The van der Waals surface area contributed by atoms with Crippen LogP contribution >= 0.6 is 0 Å². The lowest BCUT2D eigenvalue weighted by Gasteiger charge is -2.12. The fraction of sp³-hybridized carbons (Fsp3) is 0.176. The summed E-state index contributed by atoms with van der Waals surface area (Å²) >= 11 is 0. The Kier molecular flexibility index (Phi) is 3.44. The smallest absolute Gasteiger partial charge is 0.101 e. The number of aryl methyl sites for hydroxylation is 1. The van der Waals surface area contributed by atoms with Gasteiger partial charge in [0, 0.05) is 23.7 Å². The average Bonchev–Trinajstić information content (AvgIpc) is 2.48. The van der Waals surface area contributed by atoms with Gasteiger partial charge in [-0.15, -0.1) is 0 Å². The quantitative estimate of drug-likeness (QED) is 0.790. The minimum atomic E-state index is -0.631. The number of fused-ring (bicyclic) bond motifs is 1. The maximum Gasteiger partial charge on any atom is 0.101 e. The number of hydrogen-bond acceptors (Lipinski definition) is 3. The number of rotatable bonds is 3. The number of hydrogen-bond donors (Lipinski definition) is 1. The highest BCUT2D eigenvalue weighted by molar-refractivity contribution is 5.82. The second kappa shape index (κ2) is 5.39. The van der Waals surface area contributed by atoms with Crippen molar-refractivity contribution < 1.29 is 5.11 Å². The molecule has 0 aliphatic rings. The fourth-order valence-corrected chi connectivity index (χ4v) is 2.37. The molecule has 3 nitrogen and oxygen atoms in total. The number of para-hydroxylation sites is 1. The van der Waals surface area contributed by atoms with Crippen molar-refractivity contribution in [2.45, 2.75) is 19.4 Å². The third-order valence-electron chi connectivity index (χ3n) is 3.41. The van der Waals surface area contributed by atoms with Crippen LogP contribution in [0.5, 0.6) is 0 Å². The van der Waals surface area contributed by atoms with Gasteiger partial charge in [0.25, 0.3) is 0 Å². The van der Waals surface area contributed by atoms with Gasteiger partial charge >= 0.3 is 0 Å². The molecule has 2 heterocycles. The Morgan fingerprint density at radius 2 is 1.90 bits per heavy atom. The molecule has 100 valence electrons. The highest BCUT2D eigenvalue weighted by atomic mass is 16.3. The molecule has 0 fully saturated rings. The molecule has 0 aliphatic carbocycles. The molecule has 0 saturated heterocycles. The van der Waals surface area contributed by atoms with E-state index in [9.17, 15) is 5.11 Å². The molecule has 1 atom stereocenters. The predicted octanol–water partition coefficient (Wildman–Crippen LogP) is 3.21. The first kappa shape index (κ1) is 12.8. The van der Waals surface area contributed by atoms with E-state index < -0.39 is 6.10 Å². The zero-order valence-corrected chi connectivity index (χ0v) is 11.3. The van der Waals surface area contributed by atoms with Crippen molar-refractivity contribution in [3.8, 4) is 0 Å². The summed E-state index contributed by atoms with van der Waals surface area (Å²) in [7, 11) is 0. The standard InChI is InChI=1S/C17H16N2O/c1-12-10-16(19-15-8-3-2-7-14(12)15)17(20)11-13-6-4-5-9-18-13/h2-10,17,20H,11H2,1H3. The van der Waals surface area contributed by atoms with Gasteiger partial charge in [0.1, 0.15) is 6.10 Å². The molecule has 0 bridgehead atoms. The molecular formula is C17H16N2O. The van der Waals surface area contributed by atoms with Crippen LogP contribution in [0, 0.1) is 6.92 Å². The Hall–Kier alpha value is -2.26. The Balaban J connectivity index is 1.93. The molecule has 1 unspecified atom stereocenters. The summed E-state index contributed by atoms with van der Waals surface area (Å²) in [6.07, 6.45) is 1.58. The number of aromatic nitrogens is 2. The topological polar surface area (TPSA) is 46.0 Å². The van der Waals surface area contributed by atoms with Crippen molar-refractivity contribution in [2.24, 2.45) is 0 Å². The molecule has 0 amide bonds. The van der Waals surface area contributed by atoms with Gasteiger partial charge in [-0.2, -0.15) is 0 Å². The number of aliphatic hydroxyl groups is 1. The van der Waals surface area contributed by atoms with Crippen molar-refractivity contribution in [2.75, 3.05) is 0 Å². The van der Waals surface area contributed by atoms with Crippen LogP contribution in [0.2, 0.25) is 0 Å². The van der Waals surface area contributed by atoms with Crippen molar-refractivity contribution in [3.63, 3.8) is 0 Å². The Labute approximate surface area is 117 Å². The van der Waals surface area contributed by atoms with Crippen LogP contribution < -0.4 is 0 Å². The molecule has 0 saturated carbocycles. The fourth-order valence-electron chi connectivity index (χ4n) is 2.37. The average molecular weight is 264 g/mol. The number of benzene rings is 1. The molecule has 3 aromatic rings. The Morgan fingerprint density at radius 1 is 1.10 bits per heavy atom. The van der Waals surface area contributed by atoms with Gasteiger partial charge in [-0.1, -0.05) is 24.3 Å². The van der Waals surface area contributed by atoms with Crippen LogP contribution in [0.1, 0.15) is 23.1 Å². The maximum atomic E-state index is 10.4. The number of pyridine rings is 2. The van der Waals surface area contributed by atoms with Gasteiger partial charge in [-0.05, 0) is 36.8 Å². The van der Waals surface area contributed by atoms with Gasteiger partial charge in [-0.25, -0.2) is 0 Å². The van der Waals surface area contributed by atoms with Gasteiger partial charge < -0.3 is 5.11 Å². The molecule has 3 rings (SSSR count). The molecule has 0 spiro atoms. The van der Waals surface area contributed by atoms with E-state index in [-0.39, 0.29) is 0 Å². The highest BCUT2D eigenvalue weighted by Crippen LogP contribution is 2.22. The van der Waals surface area contributed by atoms with Gasteiger partial charge in [0.15, 0.2) is 0 Å². The Bertz CT molecular complexity index is 725. The Morgan fingerprint density at radius 3 is 2.70 bits per heavy atom. The summed E-state index contributed by atoms with van der Waals surface area (Å²) in [5.41, 5.74) is 3.62. The minimum Gasteiger partial charge on any atom is -0.386 e. The van der Waals surface area contributed by atoms with Gasteiger partial charge in [0.2, 0.25) is 0 Å². The summed E-state index contributed by atoms with van der Waals surface area (Å²) in [6, 6.07) is 15.6. The molecule has 1 aromatic carbocycles. The van der Waals surface area contributed by atoms with Gasteiger partial charge in [-0.3, -0.25) is 9.97 Å². The first-order valence-electron chi connectivity index (χ1n) is 6.68. The largest absolute Gasteiger partial charge is 0.386 e. The predicted molar refractivity (Wildman–Crippen MR) is 79.4 cm³/mol. The number of aliphatic hydroxyl groups excluding tert-OH is 1. The zero-order chi connectivity index (χ0) is 13.9. The minimum absolute atomic E-state index is 0.478. The summed E-state index contributed by atoms with van der Waals surface area (Å²) < 4.78 is 0. The van der Waals surface area contributed by atoms with Crippen LogP contribution in [-0.4, -0.2) is 15.1 Å². The second-order valence-corrected chi connectivity index (χ2v) is 4.92. The molecule has 1 N–H and O–H groups in total. The first-order valence-corrected chi connectivity index (χ1v) is 6.68. The summed E-state index contributed by atoms with van der Waals surface area (Å²) in [5, 5.41) is 11.5. The number of nitrogens with zero attached hydrogens (tertiary/aromatic N) is 2. The summed E-state index contributed by atoms with van der Waals surface area (Å²) in [5.74, 6) is 0. The zero-order valence-electron chi connectivity index (χ0n) is 11.3. The summed E-state index contributed by atoms with van der Waals surface area (Å²) in [6.45, 7) is 2.04. The lowest BCUT2D eigenvalue weighted by atomic mass is 10.0. The van der Waals surface area contributed by atoms with E-state index in [2.05, 4.69) is 9.97 Å². The first-order chi connectivity index (χ1) is 9.74. The van der Waals surface area contributed by atoms with Crippen molar-refractivity contribution in [1.82, 2.24) is 9.97 Å². The van der Waals surface area contributed by atoms with E-state index >= 15 is 0 Å². The third kappa shape index (κ3) is 2.53. The summed E-state index contributed by atoms with van der Waals surface area (Å²) in [4.78, 5) is 8.80. The van der Waals surface area contributed by atoms with Crippen molar-refractivity contribution in [3.05, 3.63) is 71.7 Å². The molecule has 0 radical (unpaired) electrons. The van der Waals surface area contributed by atoms with E-state index in [0.29, 0.717) is 12.1 Å². The van der Waals surface area contributed by atoms with E-state index in [1.54, 1.807) is 6.20 Å². The van der Waals surface area contributed by atoms with E-state index in [1.165, 1.54) is 0 Å². The van der Waals surface area contributed by atoms with Crippen molar-refractivity contribution in [1.29, 1.82) is 0 Å². The maximum absolute atomic E-state index is 10.4. The second-order valence-electron chi connectivity index (χ2n) is 4.92. The van der Waals surface area contributed by atoms with E-state index in [0.717, 1.165) is 22.2 Å². The van der Waals surface area contributed by atoms with E-state index in [4.69, 9.17) is 0 Å². The highest BCUT2D eigenvalue weighted by Gasteiger charge is 2.12. The van der Waals surface area contributed by atoms with Gasteiger partial charge in [0.05, 0.1) is 11.2 Å². The lowest BCUT2D eigenvalue weighted by Crippen LogP contribution is -2.06. The molecule has 0 aliphatic heterocycles. The monoisotopic (exact) mass is 264 g/mol. The third-order valence-corrected chi connectivity index (χ3v) is 3.41. The molecule has 2 aromatic heterocycles. The van der Waals surface area contributed by atoms with Crippen LogP contribution in [0.3, 0.4) is 0 Å². The molecule has 20 heavy (non-hydrogen) atoms. The van der Waals surface area contributed by atoms with Crippen molar-refractivity contribution >= 4 is 10.9 Å². The van der Waals surface area contributed by atoms with E-state index in [1.807, 2.05) is 55.5 Å². The SMILES string of the molecule is Cc1cc(C(O)Cc2ccccn2)nc2ccccc12. The van der Waals surface area contributed by atoms with Crippen LogP contribution in [0.15, 0.2) is 54.7 Å². The molecule has 3 heteroatoms. The normalized spacial score (nSPS) is 12.5. The van der Waals surface area contributed by atoms with Crippen LogP contribution in [0.25, 0.3) is 10.9 Å².